The number of carbonyl (C=O) groups is 2. The molecule has 2 aromatic rings. The van der Waals surface area contributed by atoms with Crippen molar-refractivity contribution in [2.45, 2.75) is 31.8 Å². The van der Waals surface area contributed by atoms with Crippen LogP contribution in [0.3, 0.4) is 0 Å². The highest BCUT2D eigenvalue weighted by Crippen LogP contribution is 2.25. The first-order chi connectivity index (χ1) is 17.9. The summed E-state index contributed by atoms with van der Waals surface area (Å²) in [5.74, 6) is 1.04. The highest BCUT2D eigenvalue weighted by molar-refractivity contribution is 5.80. The number of carbonyl (C=O) groups excluding carboxylic acids is 2. The van der Waals surface area contributed by atoms with Gasteiger partial charge >= 0.3 is 0 Å². The van der Waals surface area contributed by atoms with E-state index >= 15 is 0 Å². The Morgan fingerprint density at radius 1 is 1.38 bits per heavy atom. The summed E-state index contributed by atoms with van der Waals surface area (Å²) < 4.78 is 11.4. The van der Waals surface area contributed by atoms with Gasteiger partial charge in [-0.3, -0.25) is 14.5 Å². The predicted octanol–water partition coefficient (Wildman–Crippen LogP) is 0.817. The average molecular weight is 510 g/mol. The number of piperazine rings is 1. The molecule has 0 aliphatic carbocycles. The van der Waals surface area contributed by atoms with Crippen LogP contribution in [0.5, 0.6) is 5.75 Å². The predicted molar refractivity (Wildman–Crippen MR) is 134 cm³/mol. The van der Waals surface area contributed by atoms with Crippen LogP contribution in [0, 0.1) is 11.3 Å². The third-order valence-electron chi connectivity index (χ3n) is 6.43. The number of nitrogens with one attached hydrogen (secondary N) is 1. The number of aliphatic hydroxyl groups is 1. The van der Waals surface area contributed by atoms with Crippen LogP contribution in [0.2, 0.25) is 0 Å². The van der Waals surface area contributed by atoms with E-state index in [1.165, 1.54) is 11.1 Å². The molecule has 1 amide bonds. The van der Waals surface area contributed by atoms with Crippen LogP contribution in [0.15, 0.2) is 24.4 Å². The zero-order chi connectivity index (χ0) is 26.4. The molecule has 4 heterocycles. The quantitative estimate of drug-likeness (QED) is 0.366. The number of pyridine rings is 2. The molecule has 2 fully saturated rings. The van der Waals surface area contributed by atoms with Crippen molar-refractivity contribution in [1.29, 1.82) is 5.26 Å². The molecule has 2 aliphatic heterocycles. The van der Waals surface area contributed by atoms with Crippen LogP contribution in [0.4, 0.5) is 11.6 Å². The van der Waals surface area contributed by atoms with Gasteiger partial charge in [-0.05, 0) is 13.1 Å². The van der Waals surface area contributed by atoms with Crippen LogP contribution in [-0.4, -0.2) is 96.5 Å². The molecule has 12 nitrogen and oxygen atoms in total. The summed E-state index contributed by atoms with van der Waals surface area (Å²) in [5.41, 5.74) is 1.13. The average Bonchev–Trinajstić information content (AvgIpc) is 2.90. The standard InChI is InChI=1S/C25H31N7O5/c1-30-7-8-32(24(34)15-30)14-17-3-4-23(28-20(17)16-33)31(2)25(35)29-22-11-21(18(12-26)13-27-22)37-19-5-9-36-10-6-19/h3-4,11,13,16,19,25,35H,5-10,14-15H2,1-2H3,(H,27,29). The summed E-state index contributed by atoms with van der Waals surface area (Å²) in [7, 11) is 3.51. The van der Waals surface area contributed by atoms with Crippen molar-refractivity contribution in [3.63, 3.8) is 0 Å². The normalized spacial score (nSPS) is 17.7. The van der Waals surface area contributed by atoms with Gasteiger partial charge < -0.3 is 29.7 Å². The number of ether oxygens (including phenoxy) is 2. The lowest BCUT2D eigenvalue weighted by Gasteiger charge is -2.32. The third kappa shape index (κ3) is 6.51. The fourth-order valence-corrected chi connectivity index (χ4v) is 4.15. The van der Waals surface area contributed by atoms with Crippen LogP contribution < -0.4 is 15.0 Å². The Morgan fingerprint density at radius 2 is 2.16 bits per heavy atom. The van der Waals surface area contributed by atoms with E-state index in [0.717, 1.165) is 19.4 Å². The maximum absolute atomic E-state index is 12.3. The molecule has 4 rings (SSSR count). The van der Waals surface area contributed by atoms with Crippen molar-refractivity contribution in [2.75, 3.05) is 57.2 Å². The van der Waals surface area contributed by atoms with Gasteiger partial charge in [0.25, 0.3) is 0 Å². The van der Waals surface area contributed by atoms with Crippen molar-refractivity contribution in [3.8, 4) is 11.8 Å². The second kappa shape index (κ2) is 12.0. The van der Waals surface area contributed by atoms with E-state index in [0.29, 0.717) is 67.6 Å². The van der Waals surface area contributed by atoms with Gasteiger partial charge in [-0.15, -0.1) is 0 Å². The number of aliphatic hydroxyl groups excluding tert-OH is 1. The molecule has 0 aromatic carbocycles. The van der Waals surface area contributed by atoms with Gasteiger partial charge in [0.1, 0.15) is 40.8 Å². The maximum Gasteiger partial charge on any atom is 0.237 e. The minimum Gasteiger partial charge on any atom is -0.489 e. The Morgan fingerprint density at radius 3 is 2.86 bits per heavy atom. The largest absolute Gasteiger partial charge is 0.489 e. The van der Waals surface area contributed by atoms with E-state index in [4.69, 9.17) is 9.47 Å². The number of aldehydes is 1. The van der Waals surface area contributed by atoms with Crippen LogP contribution in [0.1, 0.15) is 34.5 Å². The van der Waals surface area contributed by atoms with Gasteiger partial charge in [0.2, 0.25) is 12.3 Å². The Bertz CT molecular complexity index is 1160. The molecule has 0 radical (unpaired) electrons. The summed E-state index contributed by atoms with van der Waals surface area (Å²) in [6.07, 6.45) is 2.19. The highest BCUT2D eigenvalue weighted by atomic mass is 16.5. The minimum absolute atomic E-state index is 0.00139. The Labute approximate surface area is 215 Å². The lowest BCUT2D eigenvalue weighted by atomic mass is 10.1. The monoisotopic (exact) mass is 509 g/mol. The number of amides is 1. The summed E-state index contributed by atoms with van der Waals surface area (Å²) in [5, 5.41) is 23.1. The van der Waals surface area contributed by atoms with Gasteiger partial charge in [-0.25, -0.2) is 9.97 Å². The maximum atomic E-state index is 12.3. The molecule has 0 saturated carbocycles. The summed E-state index contributed by atoms with van der Waals surface area (Å²) in [6.45, 7) is 3.19. The number of nitrogens with zero attached hydrogens (tertiary/aromatic N) is 6. The first kappa shape index (κ1) is 26.3. The van der Waals surface area contributed by atoms with E-state index in [-0.39, 0.29) is 17.7 Å². The van der Waals surface area contributed by atoms with E-state index in [9.17, 15) is 20.0 Å². The first-order valence-corrected chi connectivity index (χ1v) is 12.1. The van der Waals surface area contributed by atoms with E-state index in [2.05, 4.69) is 21.4 Å². The smallest absolute Gasteiger partial charge is 0.237 e. The lowest BCUT2D eigenvalue weighted by molar-refractivity contribution is -0.136. The number of nitriles is 1. The number of likely N-dealkylation sites (N-methyl/N-ethyl adjacent to an activating group) is 1. The Balaban J connectivity index is 1.44. The van der Waals surface area contributed by atoms with Crippen molar-refractivity contribution < 1.29 is 24.2 Å². The molecule has 1 unspecified atom stereocenters. The second-order valence-corrected chi connectivity index (χ2v) is 9.12. The zero-order valence-electron chi connectivity index (χ0n) is 21.0. The van der Waals surface area contributed by atoms with E-state index in [1.54, 1.807) is 30.1 Å². The third-order valence-corrected chi connectivity index (χ3v) is 6.43. The van der Waals surface area contributed by atoms with Gasteiger partial charge in [0.05, 0.1) is 26.0 Å². The van der Waals surface area contributed by atoms with Gasteiger partial charge in [0.15, 0.2) is 6.29 Å². The van der Waals surface area contributed by atoms with Crippen molar-refractivity contribution in [1.82, 2.24) is 19.8 Å². The number of anilines is 2. The molecule has 12 heteroatoms. The van der Waals surface area contributed by atoms with Crippen LogP contribution in [0.25, 0.3) is 0 Å². The molecule has 37 heavy (non-hydrogen) atoms. The van der Waals surface area contributed by atoms with E-state index in [1.807, 2.05) is 11.9 Å². The lowest BCUT2D eigenvalue weighted by Crippen LogP contribution is -2.48. The van der Waals surface area contributed by atoms with E-state index < -0.39 is 6.35 Å². The minimum atomic E-state index is -1.24. The Hall–Kier alpha value is -3.79. The molecule has 196 valence electrons. The fraction of sp³-hybridized carbons (Fsp3) is 0.480. The molecule has 2 N–H and O–H groups in total. The van der Waals surface area contributed by atoms with Crippen molar-refractivity contribution in [3.05, 3.63) is 41.2 Å². The molecule has 0 spiro atoms. The SMILES string of the molecule is CN1CCN(Cc2ccc(N(C)C(O)Nc3cc(OC4CCOCC4)c(C#N)cn3)nc2C=O)C(=O)C1. The Kier molecular flexibility index (Phi) is 8.50. The summed E-state index contributed by atoms with van der Waals surface area (Å²) in [6, 6.07) is 7.07. The zero-order valence-corrected chi connectivity index (χ0v) is 21.0. The second-order valence-electron chi connectivity index (χ2n) is 9.12. The number of rotatable bonds is 9. The molecule has 1 atom stereocenters. The molecular weight excluding hydrogens is 478 g/mol. The van der Waals surface area contributed by atoms with Crippen molar-refractivity contribution >= 4 is 23.8 Å². The van der Waals surface area contributed by atoms with Crippen LogP contribution >= 0.6 is 0 Å². The first-order valence-electron chi connectivity index (χ1n) is 12.1. The van der Waals surface area contributed by atoms with Gasteiger partial charge in [0, 0.05) is 51.2 Å². The van der Waals surface area contributed by atoms with Crippen molar-refractivity contribution in [2.24, 2.45) is 0 Å². The fourth-order valence-electron chi connectivity index (χ4n) is 4.15. The molecule has 2 saturated heterocycles. The number of aromatic nitrogens is 2. The molecule has 0 bridgehead atoms. The topological polar surface area (TPSA) is 144 Å². The summed E-state index contributed by atoms with van der Waals surface area (Å²) in [4.78, 5) is 37.8. The number of hydrogen-bond acceptors (Lipinski definition) is 11. The van der Waals surface area contributed by atoms with Gasteiger partial charge in [-0.1, -0.05) is 6.07 Å². The van der Waals surface area contributed by atoms with Crippen LogP contribution in [-0.2, 0) is 16.1 Å². The van der Waals surface area contributed by atoms with Gasteiger partial charge in [-0.2, -0.15) is 5.26 Å². The number of hydrogen-bond donors (Lipinski definition) is 2. The summed E-state index contributed by atoms with van der Waals surface area (Å²) >= 11 is 0. The molecule has 2 aliphatic rings. The molecular formula is C25H31N7O5. The highest BCUT2D eigenvalue weighted by Gasteiger charge is 2.24. The molecule has 2 aromatic heterocycles.